The molecule has 2 rings (SSSR count). The Balaban J connectivity index is 2.40. The largest absolute Gasteiger partial charge is 0.468 e. The maximum atomic E-state index is 11.3. The summed E-state index contributed by atoms with van der Waals surface area (Å²) >= 11 is 3.10. The molecule has 0 aliphatic heterocycles. The zero-order chi connectivity index (χ0) is 16.3. The van der Waals surface area contributed by atoms with Gasteiger partial charge < -0.3 is 4.74 Å². The number of esters is 1. The van der Waals surface area contributed by atoms with Crippen molar-refractivity contribution in [2.45, 2.75) is 45.3 Å². The molecule has 22 heavy (non-hydrogen) atoms. The van der Waals surface area contributed by atoms with E-state index in [1.54, 1.807) is 11.3 Å². The highest BCUT2D eigenvalue weighted by Gasteiger charge is 2.21. The van der Waals surface area contributed by atoms with E-state index < -0.39 is 0 Å². The first-order valence-electron chi connectivity index (χ1n) is 7.21. The number of carbonyl (C=O) groups is 1. The average Bonchev–Trinajstić information content (AvgIpc) is 3.07. The van der Waals surface area contributed by atoms with Crippen molar-refractivity contribution < 1.29 is 9.53 Å². The fourth-order valence-electron chi connectivity index (χ4n) is 2.31. The van der Waals surface area contributed by atoms with E-state index in [4.69, 9.17) is 0 Å². The highest BCUT2D eigenvalue weighted by atomic mass is 32.2. The standard InChI is InChI=1S/C15H21N3O2S2/c1-6-11-10(4)21-7-12(11)14-16-17-15(18(14)9(2)3)22-8-13(19)20-5/h7,9H,6,8H2,1-5H3. The van der Waals surface area contributed by atoms with Gasteiger partial charge in [-0.2, -0.15) is 0 Å². The number of nitrogens with zero attached hydrogens (tertiary/aromatic N) is 3. The molecule has 0 spiro atoms. The smallest absolute Gasteiger partial charge is 0.316 e. The lowest BCUT2D eigenvalue weighted by Gasteiger charge is -2.13. The van der Waals surface area contributed by atoms with E-state index in [1.165, 1.54) is 29.3 Å². The summed E-state index contributed by atoms with van der Waals surface area (Å²) in [6, 6.07) is 0.218. The highest BCUT2D eigenvalue weighted by molar-refractivity contribution is 7.99. The Labute approximate surface area is 139 Å². The first-order chi connectivity index (χ1) is 10.5. The molecule has 0 saturated heterocycles. The van der Waals surface area contributed by atoms with Crippen molar-refractivity contribution in [1.29, 1.82) is 0 Å². The number of methoxy groups -OCH3 is 1. The Morgan fingerprint density at radius 3 is 2.77 bits per heavy atom. The molecule has 0 saturated carbocycles. The van der Waals surface area contributed by atoms with E-state index in [-0.39, 0.29) is 17.8 Å². The van der Waals surface area contributed by atoms with Gasteiger partial charge in [-0.25, -0.2) is 0 Å². The van der Waals surface area contributed by atoms with Crippen LogP contribution in [0.3, 0.4) is 0 Å². The van der Waals surface area contributed by atoms with Gasteiger partial charge in [0.15, 0.2) is 11.0 Å². The number of aromatic nitrogens is 3. The van der Waals surface area contributed by atoms with Crippen LogP contribution in [0.4, 0.5) is 0 Å². The van der Waals surface area contributed by atoms with Crippen molar-refractivity contribution >= 4 is 29.1 Å². The summed E-state index contributed by atoms with van der Waals surface area (Å²) in [5.41, 5.74) is 2.47. The van der Waals surface area contributed by atoms with E-state index in [2.05, 4.69) is 52.6 Å². The second-order valence-corrected chi connectivity index (χ2v) is 7.20. The minimum Gasteiger partial charge on any atom is -0.468 e. The van der Waals surface area contributed by atoms with Crippen LogP contribution < -0.4 is 0 Å². The number of hydrogen-bond donors (Lipinski definition) is 0. The zero-order valence-electron chi connectivity index (χ0n) is 13.5. The number of aryl methyl sites for hydroxylation is 1. The molecule has 0 bridgehead atoms. The number of hydrogen-bond acceptors (Lipinski definition) is 6. The number of carbonyl (C=O) groups excluding carboxylic acids is 1. The van der Waals surface area contributed by atoms with Gasteiger partial charge in [0, 0.05) is 21.9 Å². The lowest BCUT2D eigenvalue weighted by Crippen LogP contribution is -2.08. The highest BCUT2D eigenvalue weighted by Crippen LogP contribution is 2.34. The second kappa shape index (κ2) is 7.28. The molecule has 0 amide bonds. The molecular formula is C15H21N3O2S2. The third-order valence-electron chi connectivity index (χ3n) is 3.43. The monoisotopic (exact) mass is 339 g/mol. The summed E-state index contributed by atoms with van der Waals surface area (Å²) < 4.78 is 6.78. The molecule has 2 aromatic rings. The van der Waals surface area contributed by atoms with Crippen molar-refractivity contribution in [3.63, 3.8) is 0 Å². The third kappa shape index (κ3) is 3.35. The van der Waals surface area contributed by atoms with E-state index in [0.717, 1.165) is 23.0 Å². The van der Waals surface area contributed by atoms with Crippen LogP contribution in [-0.2, 0) is 16.0 Å². The summed E-state index contributed by atoms with van der Waals surface area (Å²) in [5, 5.41) is 11.6. The average molecular weight is 339 g/mol. The summed E-state index contributed by atoms with van der Waals surface area (Å²) in [6.45, 7) is 8.48. The maximum absolute atomic E-state index is 11.3. The lowest BCUT2D eigenvalue weighted by atomic mass is 10.1. The number of thioether (sulfide) groups is 1. The summed E-state index contributed by atoms with van der Waals surface area (Å²) in [7, 11) is 1.39. The van der Waals surface area contributed by atoms with Crippen LogP contribution in [0.5, 0.6) is 0 Å². The van der Waals surface area contributed by atoms with Gasteiger partial charge in [0.05, 0.1) is 12.9 Å². The Morgan fingerprint density at radius 2 is 2.18 bits per heavy atom. The second-order valence-electron chi connectivity index (χ2n) is 5.17. The van der Waals surface area contributed by atoms with Crippen LogP contribution >= 0.6 is 23.1 Å². The van der Waals surface area contributed by atoms with Gasteiger partial charge >= 0.3 is 5.97 Å². The lowest BCUT2D eigenvalue weighted by molar-refractivity contribution is -0.137. The van der Waals surface area contributed by atoms with E-state index in [9.17, 15) is 4.79 Å². The molecular weight excluding hydrogens is 318 g/mol. The topological polar surface area (TPSA) is 57.0 Å². The molecule has 0 aliphatic rings. The van der Waals surface area contributed by atoms with Crippen LogP contribution in [0.2, 0.25) is 0 Å². The molecule has 0 aliphatic carbocycles. The van der Waals surface area contributed by atoms with Gasteiger partial charge in [0.1, 0.15) is 0 Å². The van der Waals surface area contributed by atoms with Gasteiger partial charge in [-0.05, 0) is 32.8 Å². The first kappa shape index (κ1) is 17.0. The molecule has 0 atom stereocenters. The Kier molecular flexibility index (Phi) is 5.63. The molecule has 2 heterocycles. The quantitative estimate of drug-likeness (QED) is 0.593. The molecule has 0 unspecified atom stereocenters. The number of thiophene rings is 1. The Morgan fingerprint density at radius 1 is 1.45 bits per heavy atom. The normalized spacial score (nSPS) is 11.2. The van der Waals surface area contributed by atoms with E-state index in [0.29, 0.717) is 0 Å². The van der Waals surface area contributed by atoms with Crippen molar-refractivity contribution in [1.82, 2.24) is 14.8 Å². The van der Waals surface area contributed by atoms with Crippen LogP contribution in [0.25, 0.3) is 11.4 Å². The molecule has 7 heteroatoms. The molecule has 0 N–H and O–H groups in total. The summed E-state index contributed by atoms with van der Waals surface area (Å²) in [5.74, 6) is 0.860. The van der Waals surface area contributed by atoms with E-state index >= 15 is 0 Å². The van der Waals surface area contributed by atoms with Crippen LogP contribution in [-0.4, -0.2) is 33.6 Å². The summed E-state index contributed by atoms with van der Waals surface area (Å²) in [4.78, 5) is 12.7. The maximum Gasteiger partial charge on any atom is 0.316 e. The third-order valence-corrected chi connectivity index (χ3v) is 5.30. The fraction of sp³-hybridized carbons (Fsp3) is 0.533. The predicted octanol–water partition coefficient (Wildman–Crippen LogP) is 3.72. The predicted molar refractivity (Wildman–Crippen MR) is 90.6 cm³/mol. The Bertz CT molecular complexity index is 662. The van der Waals surface area contributed by atoms with Gasteiger partial charge in [0.2, 0.25) is 0 Å². The van der Waals surface area contributed by atoms with Crippen LogP contribution in [0, 0.1) is 6.92 Å². The van der Waals surface area contributed by atoms with Gasteiger partial charge in [-0.15, -0.1) is 21.5 Å². The molecule has 0 fully saturated rings. The summed E-state index contributed by atoms with van der Waals surface area (Å²) in [6.07, 6.45) is 0.972. The molecule has 120 valence electrons. The number of ether oxygens (including phenoxy) is 1. The molecule has 0 radical (unpaired) electrons. The van der Waals surface area contributed by atoms with Crippen molar-refractivity contribution in [2.75, 3.05) is 12.9 Å². The molecule has 5 nitrogen and oxygen atoms in total. The van der Waals surface area contributed by atoms with Crippen LogP contribution in [0.1, 0.15) is 37.3 Å². The van der Waals surface area contributed by atoms with E-state index in [1.807, 2.05) is 0 Å². The number of rotatable bonds is 6. The van der Waals surface area contributed by atoms with Crippen molar-refractivity contribution in [3.8, 4) is 11.4 Å². The van der Waals surface area contributed by atoms with Gasteiger partial charge in [-0.1, -0.05) is 18.7 Å². The minimum absolute atomic E-state index is 0.218. The van der Waals surface area contributed by atoms with Crippen molar-refractivity contribution in [3.05, 3.63) is 15.8 Å². The van der Waals surface area contributed by atoms with Gasteiger partial charge in [-0.3, -0.25) is 9.36 Å². The fourth-order valence-corrected chi connectivity index (χ4v) is 4.15. The zero-order valence-corrected chi connectivity index (χ0v) is 15.2. The minimum atomic E-state index is -0.259. The molecule has 0 aromatic carbocycles. The van der Waals surface area contributed by atoms with Crippen molar-refractivity contribution in [2.24, 2.45) is 0 Å². The van der Waals surface area contributed by atoms with Gasteiger partial charge in [0.25, 0.3) is 0 Å². The first-order valence-corrected chi connectivity index (χ1v) is 9.07. The Hall–Kier alpha value is -1.34. The van der Waals surface area contributed by atoms with Crippen LogP contribution in [0.15, 0.2) is 10.5 Å². The molecule has 2 aromatic heterocycles. The SMILES string of the molecule is CCc1c(-c2nnc(SCC(=O)OC)n2C(C)C)csc1C.